The number of aliphatic hydroxyl groups is 1. The van der Waals surface area contributed by atoms with Crippen LogP contribution in [-0.4, -0.2) is 32.8 Å². The summed E-state index contributed by atoms with van der Waals surface area (Å²) in [7, 11) is 0. The molecule has 0 aliphatic rings. The van der Waals surface area contributed by atoms with Crippen molar-refractivity contribution in [1.82, 2.24) is 9.97 Å². The second kappa shape index (κ2) is 5.55. The Morgan fingerprint density at radius 1 is 1.50 bits per heavy atom. The molecule has 0 bridgehead atoms. The van der Waals surface area contributed by atoms with Crippen LogP contribution in [-0.2, 0) is 11.2 Å². The highest BCUT2D eigenvalue weighted by Crippen LogP contribution is 2.27. The number of aromatic nitrogens is 2. The van der Waals surface area contributed by atoms with Crippen LogP contribution in [0.2, 0.25) is 0 Å². The minimum Gasteiger partial charge on any atom is -0.481 e. The Balaban J connectivity index is 2.67. The molecule has 1 aromatic rings. The first-order chi connectivity index (χ1) is 7.64. The number of aliphatic carboxylic acids is 1. The van der Waals surface area contributed by atoms with Gasteiger partial charge in [0.15, 0.2) is 0 Å². The van der Waals surface area contributed by atoms with Crippen LogP contribution in [0.15, 0.2) is 18.6 Å². The van der Waals surface area contributed by atoms with E-state index in [-0.39, 0.29) is 6.61 Å². The molecule has 0 amide bonds. The fraction of sp³-hybridized carbons (Fsp3) is 0.545. The molecule has 5 heteroatoms. The monoisotopic (exact) mass is 224 g/mol. The second-order valence-electron chi connectivity index (χ2n) is 3.79. The van der Waals surface area contributed by atoms with Gasteiger partial charge in [0, 0.05) is 18.6 Å². The fourth-order valence-corrected chi connectivity index (χ4v) is 1.52. The van der Waals surface area contributed by atoms with E-state index in [9.17, 15) is 9.90 Å². The maximum atomic E-state index is 11.1. The van der Waals surface area contributed by atoms with Gasteiger partial charge in [-0.25, -0.2) is 0 Å². The molecule has 16 heavy (non-hydrogen) atoms. The number of hydrogen-bond acceptors (Lipinski definition) is 4. The predicted molar refractivity (Wildman–Crippen MR) is 57.8 cm³/mol. The summed E-state index contributed by atoms with van der Waals surface area (Å²) in [6.07, 6.45) is 6.03. The molecule has 2 N–H and O–H groups in total. The van der Waals surface area contributed by atoms with Gasteiger partial charge in [0.05, 0.1) is 17.7 Å². The van der Waals surface area contributed by atoms with Crippen LogP contribution in [0.4, 0.5) is 0 Å². The molecule has 1 heterocycles. The summed E-state index contributed by atoms with van der Waals surface area (Å²) in [6.45, 7) is 1.42. The van der Waals surface area contributed by atoms with E-state index in [4.69, 9.17) is 5.11 Å². The van der Waals surface area contributed by atoms with Crippen molar-refractivity contribution in [2.24, 2.45) is 5.41 Å². The maximum Gasteiger partial charge on any atom is 0.311 e. The van der Waals surface area contributed by atoms with Gasteiger partial charge in [-0.05, 0) is 19.3 Å². The van der Waals surface area contributed by atoms with Crippen molar-refractivity contribution < 1.29 is 15.0 Å². The minimum atomic E-state index is -1.06. The lowest BCUT2D eigenvalue weighted by Gasteiger charge is -2.25. The van der Waals surface area contributed by atoms with Crippen LogP contribution >= 0.6 is 0 Å². The largest absolute Gasteiger partial charge is 0.481 e. The van der Waals surface area contributed by atoms with Gasteiger partial charge in [0.25, 0.3) is 0 Å². The summed E-state index contributed by atoms with van der Waals surface area (Å²) >= 11 is 0. The van der Waals surface area contributed by atoms with Gasteiger partial charge in [-0.1, -0.05) is 6.92 Å². The first kappa shape index (κ1) is 12.6. The molecule has 1 atom stereocenters. The summed E-state index contributed by atoms with van der Waals surface area (Å²) in [6, 6.07) is 0. The predicted octanol–water partition coefficient (Wildman–Crippen LogP) is 0.883. The van der Waals surface area contributed by atoms with E-state index in [1.165, 1.54) is 0 Å². The molecule has 0 fully saturated rings. The van der Waals surface area contributed by atoms with Gasteiger partial charge < -0.3 is 10.2 Å². The topological polar surface area (TPSA) is 83.3 Å². The summed E-state index contributed by atoms with van der Waals surface area (Å²) in [5, 5.41) is 18.3. The SMILES string of the molecule is CCC(CO)(CCc1cnccn1)C(=O)O. The van der Waals surface area contributed by atoms with E-state index in [1.54, 1.807) is 25.5 Å². The molecule has 0 spiro atoms. The molecule has 0 aliphatic heterocycles. The number of carboxylic acids is 1. The Morgan fingerprint density at radius 2 is 2.25 bits per heavy atom. The van der Waals surface area contributed by atoms with E-state index in [2.05, 4.69) is 9.97 Å². The van der Waals surface area contributed by atoms with Gasteiger partial charge in [0.1, 0.15) is 0 Å². The number of hydrogen-bond donors (Lipinski definition) is 2. The lowest BCUT2D eigenvalue weighted by Crippen LogP contribution is -2.34. The number of carboxylic acid groups (broad SMARTS) is 1. The third kappa shape index (κ3) is 2.76. The minimum absolute atomic E-state index is 0.348. The van der Waals surface area contributed by atoms with Gasteiger partial charge in [-0.3, -0.25) is 14.8 Å². The Labute approximate surface area is 94.2 Å². The molecular formula is C11H16N2O3. The summed E-state index contributed by atoms with van der Waals surface area (Å²) in [4.78, 5) is 19.1. The summed E-state index contributed by atoms with van der Waals surface area (Å²) < 4.78 is 0. The Kier molecular flexibility index (Phi) is 4.37. The molecule has 0 saturated heterocycles. The standard InChI is InChI=1S/C11H16N2O3/c1-2-11(8-14,10(15)16)4-3-9-7-12-5-6-13-9/h5-7,14H,2-4,8H2,1H3,(H,15,16). The first-order valence-electron chi connectivity index (χ1n) is 5.24. The van der Waals surface area contributed by atoms with E-state index >= 15 is 0 Å². The van der Waals surface area contributed by atoms with Crippen LogP contribution in [0.5, 0.6) is 0 Å². The van der Waals surface area contributed by atoms with Crippen LogP contribution in [0.3, 0.4) is 0 Å². The van der Waals surface area contributed by atoms with E-state index < -0.39 is 11.4 Å². The lowest BCUT2D eigenvalue weighted by atomic mass is 9.81. The molecule has 5 nitrogen and oxygen atoms in total. The quantitative estimate of drug-likeness (QED) is 0.749. The highest BCUT2D eigenvalue weighted by molar-refractivity contribution is 5.74. The molecule has 0 aliphatic carbocycles. The first-order valence-corrected chi connectivity index (χ1v) is 5.24. The number of aryl methyl sites for hydroxylation is 1. The molecule has 0 radical (unpaired) electrons. The molecule has 1 unspecified atom stereocenters. The van der Waals surface area contributed by atoms with Gasteiger partial charge in [0.2, 0.25) is 0 Å². The zero-order valence-electron chi connectivity index (χ0n) is 9.26. The van der Waals surface area contributed by atoms with Crippen LogP contribution in [0.1, 0.15) is 25.5 Å². The third-order valence-corrected chi connectivity index (χ3v) is 2.91. The molecular weight excluding hydrogens is 208 g/mol. The van der Waals surface area contributed by atoms with Crippen molar-refractivity contribution in [1.29, 1.82) is 0 Å². The van der Waals surface area contributed by atoms with Gasteiger partial charge in [-0.2, -0.15) is 0 Å². The van der Waals surface area contributed by atoms with E-state index in [0.29, 0.717) is 19.3 Å². The zero-order valence-corrected chi connectivity index (χ0v) is 9.26. The molecule has 0 aromatic carbocycles. The van der Waals surface area contributed by atoms with Crippen LogP contribution in [0, 0.1) is 5.41 Å². The van der Waals surface area contributed by atoms with Crippen molar-refractivity contribution in [3.05, 3.63) is 24.3 Å². The zero-order chi connectivity index (χ0) is 12.0. The maximum absolute atomic E-state index is 11.1. The van der Waals surface area contributed by atoms with Crippen LogP contribution < -0.4 is 0 Å². The summed E-state index contributed by atoms with van der Waals surface area (Å²) in [5.74, 6) is -0.957. The van der Waals surface area contributed by atoms with Crippen molar-refractivity contribution in [2.75, 3.05) is 6.61 Å². The lowest BCUT2D eigenvalue weighted by molar-refractivity contribution is -0.152. The van der Waals surface area contributed by atoms with Crippen molar-refractivity contribution >= 4 is 5.97 Å². The highest BCUT2D eigenvalue weighted by atomic mass is 16.4. The van der Waals surface area contributed by atoms with Crippen molar-refractivity contribution in [3.63, 3.8) is 0 Å². The number of carbonyl (C=O) groups is 1. The third-order valence-electron chi connectivity index (χ3n) is 2.91. The molecule has 1 rings (SSSR count). The Hall–Kier alpha value is -1.49. The Bertz CT molecular complexity index is 336. The fourth-order valence-electron chi connectivity index (χ4n) is 1.52. The van der Waals surface area contributed by atoms with Gasteiger partial charge >= 0.3 is 5.97 Å². The van der Waals surface area contributed by atoms with Gasteiger partial charge in [-0.15, -0.1) is 0 Å². The second-order valence-corrected chi connectivity index (χ2v) is 3.79. The van der Waals surface area contributed by atoms with E-state index in [1.807, 2.05) is 0 Å². The van der Waals surface area contributed by atoms with E-state index in [0.717, 1.165) is 5.69 Å². The average Bonchev–Trinajstić information content (AvgIpc) is 2.32. The molecule has 88 valence electrons. The average molecular weight is 224 g/mol. The number of aliphatic hydroxyl groups excluding tert-OH is 1. The smallest absolute Gasteiger partial charge is 0.311 e. The number of rotatable bonds is 6. The normalized spacial score (nSPS) is 14.4. The molecule has 1 aromatic heterocycles. The Morgan fingerprint density at radius 3 is 2.69 bits per heavy atom. The number of nitrogens with zero attached hydrogens (tertiary/aromatic N) is 2. The summed E-state index contributed by atoms with van der Waals surface area (Å²) in [5.41, 5.74) is -0.313. The van der Waals surface area contributed by atoms with Crippen molar-refractivity contribution in [3.8, 4) is 0 Å². The highest BCUT2D eigenvalue weighted by Gasteiger charge is 2.35. The molecule has 0 saturated carbocycles. The van der Waals surface area contributed by atoms with Crippen molar-refractivity contribution in [2.45, 2.75) is 26.2 Å². The van der Waals surface area contributed by atoms with Crippen LogP contribution in [0.25, 0.3) is 0 Å².